The van der Waals surface area contributed by atoms with Crippen LogP contribution in [0.15, 0.2) is 364 Å². The van der Waals surface area contributed by atoms with Gasteiger partial charge in [-0.05, 0) is 126 Å². The Labute approximate surface area is 488 Å². The minimum absolute atomic E-state index is 1.03. The van der Waals surface area contributed by atoms with Crippen LogP contribution in [0.5, 0.6) is 0 Å². The fourth-order valence-electron chi connectivity index (χ4n) is 10.9. The quantitative estimate of drug-likeness (QED) is 0.0759. The summed E-state index contributed by atoms with van der Waals surface area (Å²) >= 11 is 0. The molecule has 12 aromatic rings. The van der Waals surface area contributed by atoms with Gasteiger partial charge in [-0.1, -0.05) is 255 Å². The van der Waals surface area contributed by atoms with Crippen molar-refractivity contribution in [2.45, 2.75) is 18.5 Å². The molecule has 0 N–H and O–H groups in total. The van der Waals surface area contributed by atoms with Gasteiger partial charge < -0.3 is 15.1 Å². The lowest BCUT2D eigenvalue weighted by Crippen LogP contribution is -2.56. The van der Waals surface area contributed by atoms with E-state index in [1.807, 2.05) is 0 Å². The van der Waals surface area contributed by atoms with Crippen molar-refractivity contribution in [1.29, 1.82) is 0 Å². The van der Waals surface area contributed by atoms with Gasteiger partial charge in [0.25, 0.3) is 0 Å². The van der Waals surface area contributed by atoms with E-state index in [-0.39, 0.29) is 0 Å². The van der Waals surface area contributed by atoms with Crippen molar-refractivity contribution < 1.29 is 15.1 Å². The molecule has 12 rings (SSSR count). The van der Waals surface area contributed by atoms with E-state index >= 15 is 0 Å². The highest BCUT2D eigenvalue weighted by atomic mass is 31.2. The second-order valence-electron chi connectivity index (χ2n) is 19.7. The smallest absolute Gasteiger partial charge is 0.116 e. The van der Waals surface area contributed by atoms with Crippen LogP contribution in [0.3, 0.4) is 0 Å². The molecule has 0 heterocycles. The van der Waals surface area contributed by atoms with Crippen LogP contribution < -0.4 is 62.8 Å². The zero-order valence-corrected chi connectivity index (χ0v) is 48.6. The summed E-state index contributed by atoms with van der Waals surface area (Å²) in [7, 11) is -8.24. The van der Waals surface area contributed by atoms with Crippen LogP contribution in [0.2, 0.25) is 0 Å². The summed E-state index contributed by atoms with van der Waals surface area (Å²) in [6.07, 6.45) is 3.10. The van der Waals surface area contributed by atoms with E-state index in [0.29, 0.717) is 0 Å². The second-order valence-corrected chi connectivity index (χ2v) is 30.1. The van der Waals surface area contributed by atoms with Crippen molar-refractivity contribution in [2.75, 3.05) is 0 Å². The second kappa shape index (κ2) is 30.1. The summed E-state index contributed by atoms with van der Waals surface area (Å²) in [6.45, 7) is 0. The van der Waals surface area contributed by atoms with Gasteiger partial charge in [-0.15, -0.1) is 0 Å². The molecule has 0 unspecified atom stereocenters. The number of hydrogen-bond donors (Lipinski definition) is 0. The van der Waals surface area contributed by atoms with Crippen molar-refractivity contribution in [3.8, 4) is 0 Å². The summed E-state index contributed by atoms with van der Waals surface area (Å²) in [5, 5.41) is 38.1. The van der Waals surface area contributed by atoms with Crippen molar-refractivity contribution in [3.63, 3.8) is 0 Å². The summed E-state index contributed by atoms with van der Waals surface area (Å²) in [5.74, 6) is 0. The van der Waals surface area contributed by atoms with E-state index in [2.05, 4.69) is 364 Å². The standard InChI is InChI=1S/3C25H22P.BO3/c3*1-5-13-22(14-6-1)21-26(23-15-7-2-8-16-23,24-17-9-3-10-18-24)25-19-11-4-12-20-25;2-1(3)4/h3*1-20H,21H2;/q3*+1;-3. The maximum Gasteiger partial charge on any atom is 0.116 e. The molecule has 0 amide bonds. The van der Waals surface area contributed by atoms with Gasteiger partial charge in [0.05, 0.1) is 18.5 Å². The lowest BCUT2D eigenvalue weighted by atomic mass is 10.2. The Kier molecular flexibility index (Phi) is 21.5. The van der Waals surface area contributed by atoms with E-state index in [1.165, 1.54) is 64.4 Å². The van der Waals surface area contributed by atoms with Crippen LogP contribution in [-0.2, 0) is 18.5 Å². The molecule has 0 aliphatic carbocycles. The van der Waals surface area contributed by atoms with Crippen LogP contribution >= 0.6 is 21.8 Å². The fourth-order valence-corrected chi connectivity index (χ4v) is 23.6. The van der Waals surface area contributed by atoms with Gasteiger partial charge >= 0.3 is 0 Å². The van der Waals surface area contributed by atoms with E-state index < -0.39 is 29.1 Å². The molecule has 0 aliphatic heterocycles. The molecular weight excluding hydrogens is 1050 g/mol. The monoisotopic (exact) mass is 1120 g/mol. The van der Waals surface area contributed by atoms with Gasteiger partial charge in [0.15, 0.2) is 0 Å². The fraction of sp³-hybridized carbons (Fsp3) is 0.0400. The molecule has 0 saturated carbocycles. The number of hydrogen-bond acceptors (Lipinski definition) is 3. The first-order valence-corrected chi connectivity index (χ1v) is 33.6. The number of rotatable bonds is 15. The first-order chi connectivity index (χ1) is 40.4. The zero-order chi connectivity index (χ0) is 56.6. The Bertz CT molecular complexity index is 2970. The van der Waals surface area contributed by atoms with Gasteiger partial charge in [-0.3, -0.25) is 7.32 Å². The van der Waals surface area contributed by atoms with Gasteiger partial charge in [0, 0.05) is 0 Å². The Hall–Kier alpha value is -8.13. The molecule has 402 valence electrons. The Morgan fingerprint density at radius 3 is 0.378 bits per heavy atom. The average molecular weight is 1120 g/mol. The molecule has 0 spiro atoms. The van der Waals surface area contributed by atoms with Gasteiger partial charge in [0.2, 0.25) is 0 Å². The van der Waals surface area contributed by atoms with E-state index in [0.717, 1.165) is 18.5 Å². The molecule has 0 bridgehead atoms. The summed E-state index contributed by atoms with van der Waals surface area (Å²) in [4.78, 5) is 0. The highest BCUT2D eigenvalue weighted by Gasteiger charge is 2.47. The third kappa shape index (κ3) is 14.7. The summed E-state index contributed by atoms with van der Waals surface area (Å²) in [5.41, 5.74) is 4.16. The SMILES string of the molecule is [O-]B([O-])[O-].c1ccc(C[P+](c2ccccc2)(c2ccccc2)c2ccccc2)cc1.c1ccc(C[P+](c2ccccc2)(c2ccccc2)c2ccccc2)cc1.c1ccc(C[P+](c2ccccc2)(c2ccccc2)c2ccccc2)cc1. The molecule has 0 saturated heterocycles. The lowest BCUT2D eigenvalue weighted by Gasteiger charge is -2.35. The summed E-state index contributed by atoms with van der Waals surface area (Å²) in [6, 6.07) is 132. The predicted octanol–water partition coefficient (Wildman–Crippen LogP) is 11.6. The Morgan fingerprint density at radius 1 is 0.171 bits per heavy atom. The van der Waals surface area contributed by atoms with Crippen LogP contribution in [-0.4, -0.2) is 7.32 Å². The minimum Gasteiger partial charge on any atom is -0.907 e. The molecule has 12 aromatic carbocycles. The highest BCUT2D eigenvalue weighted by Crippen LogP contribution is 2.60. The Morgan fingerprint density at radius 2 is 0.268 bits per heavy atom. The maximum atomic E-state index is 8.42. The normalized spacial score (nSPS) is 11.0. The lowest BCUT2D eigenvalue weighted by molar-refractivity contribution is -0.479. The van der Waals surface area contributed by atoms with E-state index in [4.69, 9.17) is 15.1 Å². The molecule has 0 aliphatic rings. The van der Waals surface area contributed by atoms with Crippen LogP contribution in [0, 0.1) is 0 Å². The molecule has 0 radical (unpaired) electrons. The first-order valence-electron chi connectivity index (χ1n) is 27.7. The van der Waals surface area contributed by atoms with Crippen LogP contribution in [0.4, 0.5) is 0 Å². The third-order valence-corrected chi connectivity index (χ3v) is 27.7. The van der Waals surface area contributed by atoms with Gasteiger partial charge in [-0.25, -0.2) is 0 Å². The molecule has 0 aromatic heterocycles. The molecule has 0 fully saturated rings. The topological polar surface area (TPSA) is 69.2 Å². The molecule has 3 nitrogen and oxygen atoms in total. The van der Waals surface area contributed by atoms with Crippen LogP contribution in [0.1, 0.15) is 16.7 Å². The van der Waals surface area contributed by atoms with Crippen molar-refractivity contribution in [1.82, 2.24) is 0 Å². The summed E-state index contributed by atoms with van der Waals surface area (Å²) < 4.78 is 0. The number of benzene rings is 12. The molecule has 0 atom stereocenters. The van der Waals surface area contributed by atoms with Crippen molar-refractivity contribution in [2.24, 2.45) is 0 Å². The van der Waals surface area contributed by atoms with Crippen molar-refractivity contribution in [3.05, 3.63) is 381 Å². The maximum absolute atomic E-state index is 8.42. The van der Waals surface area contributed by atoms with Crippen LogP contribution in [0.25, 0.3) is 0 Å². The van der Waals surface area contributed by atoms with E-state index in [1.54, 1.807) is 0 Å². The Balaban J connectivity index is 0.000000143. The molecule has 7 heteroatoms. The highest BCUT2D eigenvalue weighted by molar-refractivity contribution is 7.96. The zero-order valence-electron chi connectivity index (χ0n) is 45.9. The average Bonchev–Trinajstić information content (AvgIpc) is 3.74. The molecular formula is C75H66BO3P3. The van der Waals surface area contributed by atoms with Crippen molar-refractivity contribution >= 4 is 76.8 Å². The minimum atomic E-state index is -2.92. The largest absolute Gasteiger partial charge is 0.907 e. The predicted molar refractivity (Wildman–Crippen MR) is 352 cm³/mol. The first kappa shape index (κ1) is 58.5. The van der Waals surface area contributed by atoms with Gasteiger partial charge in [0.1, 0.15) is 69.5 Å². The van der Waals surface area contributed by atoms with Gasteiger partial charge in [-0.2, -0.15) is 0 Å². The molecule has 82 heavy (non-hydrogen) atoms. The van der Waals surface area contributed by atoms with E-state index in [9.17, 15) is 0 Å². The third-order valence-electron chi connectivity index (χ3n) is 14.6.